The Morgan fingerprint density at radius 3 is 2.38 bits per heavy atom. The van der Waals surface area contributed by atoms with E-state index in [0.29, 0.717) is 0 Å². The minimum absolute atomic E-state index is 0.0142. The molecule has 2 aliphatic rings. The van der Waals surface area contributed by atoms with Crippen LogP contribution in [0.25, 0.3) is 0 Å². The van der Waals surface area contributed by atoms with Gasteiger partial charge in [-0.05, 0) is 24.8 Å². The van der Waals surface area contributed by atoms with Crippen LogP contribution in [0.2, 0.25) is 0 Å². The summed E-state index contributed by atoms with van der Waals surface area (Å²) < 4.78 is 0. The van der Waals surface area contributed by atoms with Crippen LogP contribution in [0.3, 0.4) is 0 Å². The number of carboxylic acid groups (broad SMARTS) is 1. The fourth-order valence-corrected chi connectivity index (χ4v) is 3.16. The molecule has 2 unspecified atom stereocenters. The Hall–Kier alpha value is -1.57. The number of fused-ring (bicyclic) bond motifs is 2. The summed E-state index contributed by atoms with van der Waals surface area (Å²) in [6.07, 6.45) is 6.48. The number of carboxylic acids is 1. The molecular formula is C14H14O2. The van der Waals surface area contributed by atoms with Crippen molar-refractivity contribution in [2.45, 2.75) is 24.7 Å². The van der Waals surface area contributed by atoms with E-state index in [-0.39, 0.29) is 5.41 Å². The number of rotatable bonds is 2. The largest absolute Gasteiger partial charge is 0.481 e. The number of allylic oxidation sites excluding steroid dienone is 1. The first-order valence-corrected chi connectivity index (χ1v) is 5.66. The van der Waals surface area contributed by atoms with Crippen molar-refractivity contribution >= 4 is 5.97 Å². The van der Waals surface area contributed by atoms with Crippen LogP contribution in [0.5, 0.6) is 0 Å². The Labute approximate surface area is 94.6 Å². The average Bonchev–Trinajstić information content (AvgIpc) is 2.89. The van der Waals surface area contributed by atoms with Gasteiger partial charge in [0.1, 0.15) is 0 Å². The Morgan fingerprint density at radius 2 is 1.88 bits per heavy atom. The third kappa shape index (κ3) is 1.10. The van der Waals surface area contributed by atoms with Gasteiger partial charge < -0.3 is 5.11 Å². The lowest BCUT2D eigenvalue weighted by Gasteiger charge is -2.23. The van der Waals surface area contributed by atoms with Gasteiger partial charge in [-0.25, -0.2) is 0 Å². The van der Waals surface area contributed by atoms with E-state index in [4.69, 9.17) is 0 Å². The summed E-state index contributed by atoms with van der Waals surface area (Å²) in [7, 11) is 0. The van der Waals surface area contributed by atoms with Crippen LogP contribution in [0, 0.1) is 5.41 Å². The van der Waals surface area contributed by atoms with Gasteiger partial charge in [0.25, 0.3) is 0 Å². The minimum atomic E-state index is -0.668. The highest BCUT2D eigenvalue weighted by Gasteiger charge is 2.55. The second-order valence-electron chi connectivity index (χ2n) is 4.99. The molecule has 0 radical (unpaired) electrons. The van der Waals surface area contributed by atoms with E-state index in [9.17, 15) is 9.90 Å². The Morgan fingerprint density at radius 1 is 1.12 bits per heavy atom. The molecule has 0 aromatic heterocycles. The number of aliphatic carboxylic acids is 1. The molecule has 3 rings (SSSR count). The van der Waals surface area contributed by atoms with Crippen LogP contribution in [0.1, 0.15) is 24.8 Å². The number of benzene rings is 1. The van der Waals surface area contributed by atoms with Crippen LogP contribution in [-0.2, 0) is 10.2 Å². The predicted molar refractivity (Wildman–Crippen MR) is 61.2 cm³/mol. The first-order valence-electron chi connectivity index (χ1n) is 5.66. The molecule has 0 aliphatic heterocycles. The van der Waals surface area contributed by atoms with E-state index in [0.717, 1.165) is 19.3 Å². The SMILES string of the molecule is O=C(O)C12C=CC(c3ccccc3)(CC1)C2. The average molecular weight is 214 g/mol. The first kappa shape index (κ1) is 9.64. The second kappa shape index (κ2) is 2.97. The molecule has 0 heterocycles. The fraction of sp³-hybridized carbons (Fsp3) is 0.357. The monoisotopic (exact) mass is 214 g/mol. The van der Waals surface area contributed by atoms with Gasteiger partial charge in [-0.2, -0.15) is 0 Å². The summed E-state index contributed by atoms with van der Waals surface area (Å²) >= 11 is 0. The van der Waals surface area contributed by atoms with Gasteiger partial charge in [-0.15, -0.1) is 0 Å². The Kier molecular flexibility index (Phi) is 1.79. The van der Waals surface area contributed by atoms with Crippen molar-refractivity contribution in [2.75, 3.05) is 0 Å². The topological polar surface area (TPSA) is 37.3 Å². The molecule has 2 heteroatoms. The van der Waals surface area contributed by atoms with Crippen LogP contribution in [0.15, 0.2) is 42.5 Å². The van der Waals surface area contributed by atoms with Crippen molar-refractivity contribution in [2.24, 2.45) is 5.41 Å². The van der Waals surface area contributed by atoms with Crippen molar-refractivity contribution in [3.05, 3.63) is 48.0 Å². The van der Waals surface area contributed by atoms with Crippen LogP contribution in [0.4, 0.5) is 0 Å². The highest BCUT2D eigenvalue weighted by atomic mass is 16.4. The molecule has 1 N–H and O–H groups in total. The van der Waals surface area contributed by atoms with Gasteiger partial charge in [0, 0.05) is 5.41 Å². The zero-order valence-electron chi connectivity index (χ0n) is 9.02. The van der Waals surface area contributed by atoms with E-state index < -0.39 is 11.4 Å². The predicted octanol–water partition coefficient (Wildman–Crippen LogP) is 2.75. The Balaban J connectivity index is 2.02. The van der Waals surface area contributed by atoms with Gasteiger partial charge in [0.05, 0.1) is 5.41 Å². The zero-order valence-corrected chi connectivity index (χ0v) is 9.02. The lowest BCUT2D eigenvalue weighted by molar-refractivity contribution is -0.145. The third-order valence-electron chi connectivity index (χ3n) is 4.14. The molecule has 0 saturated heterocycles. The lowest BCUT2D eigenvalue weighted by Crippen LogP contribution is -2.24. The maximum atomic E-state index is 11.3. The standard InChI is InChI=1S/C14H14O2/c15-12(16)14-8-6-13(10-14,7-9-14)11-4-2-1-3-5-11/h1-6,8H,7,9-10H2,(H,15,16). The second-order valence-corrected chi connectivity index (χ2v) is 4.99. The number of hydrogen-bond acceptors (Lipinski definition) is 1. The van der Waals surface area contributed by atoms with E-state index in [1.54, 1.807) is 0 Å². The van der Waals surface area contributed by atoms with Gasteiger partial charge in [-0.1, -0.05) is 42.5 Å². The molecule has 1 aromatic carbocycles. The summed E-state index contributed by atoms with van der Waals surface area (Å²) in [4.78, 5) is 11.3. The molecule has 0 spiro atoms. The summed E-state index contributed by atoms with van der Waals surface area (Å²) in [6.45, 7) is 0. The maximum absolute atomic E-state index is 11.3. The smallest absolute Gasteiger partial charge is 0.313 e. The number of hydrogen-bond donors (Lipinski definition) is 1. The van der Waals surface area contributed by atoms with Gasteiger partial charge >= 0.3 is 5.97 Å². The highest BCUT2D eigenvalue weighted by molar-refractivity contribution is 5.79. The summed E-state index contributed by atoms with van der Waals surface area (Å²) in [6, 6.07) is 10.3. The summed E-state index contributed by atoms with van der Waals surface area (Å²) in [5.41, 5.74) is 0.655. The van der Waals surface area contributed by atoms with Crippen molar-refractivity contribution in [1.82, 2.24) is 0 Å². The molecule has 2 nitrogen and oxygen atoms in total. The van der Waals surface area contributed by atoms with Crippen LogP contribution in [-0.4, -0.2) is 11.1 Å². The molecule has 2 atom stereocenters. The van der Waals surface area contributed by atoms with Gasteiger partial charge in [0.15, 0.2) is 0 Å². The molecule has 2 aliphatic carbocycles. The molecule has 1 fully saturated rings. The Bertz CT molecular complexity index is 463. The molecule has 82 valence electrons. The molecule has 2 bridgehead atoms. The van der Waals surface area contributed by atoms with E-state index in [2.05, 4.69) is 18.2 Å². The first-order chi connectivity index (χ1) is 7.67. The van der Waals surface area contributed by atoms with Crippen LogP contribution >= 0.6 is 0 Å². The number of carbonyl (C=O) groups is 1. The molecule has 1 saturated carbocycles. The van der Waals surface area contributed by atoms with Crippen molar-refractivity contribution in [1.29, 1.82) is 0 Å². The quantitative estimate of drug-likeness (QED) is 0.768. The van der Waals surface area contributed by atoms with Crippen LogP contribution < -0.4 is 0 Å². The summed E-state index contributed by atoms with van der Waals surface area (Å²) in [5, 5.41) is 9.30. The van der Waals surface area contributed by atoms with Crippen molar-refractivity contribution < 1.29 is 9.90 Å². The minimum Gasteiger partial charge on any atom is -0.481 e. The molecular weight excluding hydrogens is 200 g/mol. The highest BCUT2D eigenvalue weighted by Crippen LogP contribution is 2.57. The van der Waals surface area contributed by atoms with Crippen molar-refractivity contribution in [3.63, 3.8) is 0 Å². The maximum Gasteiger partial charge on any atom is 0.313 e. The molecule has 0 amide bonds. The fourth-order valence-electron chi connectivity index (χ4n) is 3.16. The van der Waals surface area contributed by atoms with Crippen molar-refractivity contribution in [3.8, 4) is 0 Å². The van der Waals surface area contributed by atoms with E-state index >= 15 is 0 Å². The molecule has 1 aromatic rings. The van der Waals surface area contributed by atoms with E-state index in [1.165, 1.54) is 5.56 Å². The molecule has 16 heavy (non-hydrogen) atoms. The van der Waals surface area contributed by atoms with Gasteiger partial charge in [-0.3, -0.25) is 4.79 Å². The normalized spacial score (nSPS) is 35.5. The lowest BCUT2D eigenvalue weighted by atomic mass is 9.80. The third-order valence-corrected chi connectivity index (χ3v) is 4.14. The zero-order chi connectivity index (χ0) is 11.2. The summed E-state index contributed by atoms with van der Waals surface area (Å²) in [5.74, 6) is -0.668. The van der Waals surface area contributed by atoms with Gasteiger partial charge in [0.2, 0.25) is 0 Å². The van der Waals surface area contributed by atoms with E-state index in [1.807, 2.05) is 24.3 Å².